The number of thioether (sulfide) groups is 1. The molecule has 16 heavy (non-hydrogen) atoms. The molecule has 0 bridgehead atoms. The summed E-state index contributed by atoms with van der Waals surface area (Å²) in [5.74, 6) is 0.629. The van der Waals surface area contributed by atoms with E-state index in [-0.39, 0.29) is 11.4 Å². The third-order valence-corrected chi connectivity index (χ3v) is 4.71. The quantitative estimate of drug-likeness (QED) is 0.669. The monoisotopic (exact) mass is 299 g/mol. The predicted octanol–water partition coefficient (Wildman–Crippen LogP) is 2.82. The summed E-state index contributed by atoms with van der Waals surface area (Å²) in [6.45, 7) is 0. The number of hydrogen-bond acceptors (Lipinski definition) is 2. The van der Waals surface area contributed by atoms with E-state index in [1.54, 1.807) is 11.8 Å². The third-order valence-electron chi connectivity index (χ3n) is 2.63. The second-order valence-electron chi connectivity index (χ2n) is 4.06. The molecule has 4 heteroatoms. The fourth-order valence-corrected chi connectivity index (χ4v) is 2.86. The van der Waals surface area contributed by atoms with E-state index >= 15 is 0 Å². The topological polar surface area (TPSA) is 29.1 Å². The molecule has 0 atom stereocenters. The zero-order valence-electron chi connectivity index (χ0n) is 8.91. The molecule has 1 aromatic carbocycles. The number of carbonyl (C=O) groups is 1. The van der Waals surface area contributed by atoms with Gasteiger partial charge in [-0.15, -0.1) is 11.8 Å². The molecule has 86 valence electrons. The first-order chi connectivity index (χ1) is 7.74. The standard InChI is InChI=1S/C12H14BrNOS/c13-9-12(6-7-12)14-11(15)8-16-10-4-2-1-3-5-10/h1-5H,6-9H2,(H,14,15). The molecule has 0 unspecified atom stereocenters. The van der Waals surface area contributed by atoms with Crippen molar-refractivity contribution in [2.24, 2.45) is 0 Å². The van der Waals surface area contributed by atoms with Gasteiger partial charge in [0.25, 0.3) is 0 Å². The van der Waals surface area contributed by atoms with Gasteiger partial charge in [0.2, 0.25) is 5.91 Å². The van der Waals surface area contributed by atoms with E-state index in [1.807, 2.05) is 30.3 Å². The van der Waals surface area contributed by atoms with E-state index in [1.165, 1.54) is 0 Å². The Hall–Kier alpha value is -0.480. The van der Waals surface area contributed by atoms with Crippen LogP contribution in [-0.2, 0) is 4.79 Å². The fourth-order valence-electron chi connectivity index (χ4n) is 1.44. The maximum absolute atomic E-state index is 11.7. The average molecular weight is 300 g/mol. The van der Waals surface area contributed by atoms with Gasteiger partial charge in [-0.2, -0.15) is 0 Å². The van der Waals surface area contributed by atoms with Crippen LogP contribution in [0.2, 0.25) is 0 Å². The Morgan fingerprint density at radius 3 is 2.62 bits per heavy atom. The molecule has 1 amide bonds. The van der Waals surface area contributed by atoms with Crippen molar-refractivity contribution in [2.45, 2.75) is 23.3 Å². The molecule has 0 saturated heterocycles. The van der Waals surface area contributed by atoms with Crippen molar-refractivity contribution in [3.63, 3.8) is 0 Å². The zero-order chi connectivity index (χ0) is 11.4. The number of benzene rings is 1. The molecular formula is C12H14BrNOS. The first-order valence-electron chi connectivity index (χ1n) is 5.29. The Kier molecular flexibility index (Phi) is 3.92. The summed E-state index contributed by atoms with van der Waals surface area (Å²) in [6, 6.07) is 10.0. The molecule has 0 aromatic heterocycles. The van der Waals surface area contributed by atoms with Crippen LogP contribution in [0.25, 0.3) is 0 Å². The van der Waals surface area contributed by atoms with Crippen LogP contribution in [0, 0.1) is 0 Å². The van der Waals surface area contributed by atoms with Crippen molar-refractivity contribution >= 4 is 33.6 Å². The highest BCUT2D eigenvalue weighted by Crippen LogP contribution is 2.37. The maximum Gasteiger partial charge on any atom is 0.230 e. The van der Waals surface area contributed by atoms with Gasteiger partial charge in [0.1, 0.15) is 0 Å². The van der Waals surface area contributed by atoms with Gasteiger partial charge in [-0.05, 0) is 25.0 Å². The number of amides is 1. The minimum atomic E-state index is 0.0638. The average Bonchev–Trinajstić information content (AvgIpc) is 3.08. The maximum atomic E-state index is 11.7. The van der Waals surface area contributed by atoms with Crippen LogP contribution >= 0.6 is 27.7 Å². The van der Waals surface area contributed by atoms with Crippen LogP contribution in [-0.4, -0.2) is 22.5 Å². The van der Waals surface area contributed by atoms with Gasteiger partial charge in [-0.3, -0.25) is 4.79 Å². The van der Waals surface area contributed by atoms with Crippen LogP contribution in [0.5, 0.6) is 0 Å². The first kappa shape index (κ1) is 12.0. The molecule has 1 N–H and O–H groups in total. The van der Waals surface area contributed by atoms with Gasteiger partial charge in [-0.1, -0.05) is 34.1 Å². The van der Waals surface area contributed by atoms with E-state index in [9.17, 15) is 4.79 Å². The molecule has 1 aliphatic rings. The van der Waals surface area contributed by atoms with Crippen molar-refractivity contribution < 1.29 is 4.79 Å². The van der Waals surface area contributed by atoms with E-state index in [0.29, 0.717) is 5.75 Å². The number of rotatable bonds is 5. The molecule has 0 aliphatic heterocycles. The second-order valence-corrected chi connectivity index (χ2v) is 5.67. The van der Waals surface area contributed by atoms with Gasteiger partial charge in [0.15, 0.2) is 0 Å². The number of halogens is 1. The number of alkyl halides is 1. The highest BCUT2D eigenvalue weighted by molar-refractivity contribution is 9.09. The molecule has 0 spiro atoms. The van der Waals surface area contributed by atoms with Gasteiger partial charge in [0, 0.05) is 15.8 Å². The molecule has 0 radical (unpaired) electrons. The molecule has 1 saturated carbocycles. The molecule has 1 fully saturated rings. The number of nitrogens with one attached hydrogen (secondary N) is 1. The van der Waals surface area contributed by atoms with Gasteiger partial charge in [0.05, 0.1) is 5.75 Å². The predicted molar refractivity (Wildman–Crippen MR) is 71.1 cm³/mol. The minimum absolute atomic E-state index is 0.0638. The molecule has 2 rings (SSSR count). The SMILES string of the molecule is O=C(CSc1ccccc1)NC1(CBr)CC1. The summed E-state index contributed by atoms with van der Waals surface area (Å²) in [5.41, 5.74) is 0.0638. The summed E-state index contributed by atoms with van der Waals surface area (Å²) in [6.07, 6.45) is 2.19. The normalized spacial score (nSPS) is 16.8. The van der Waals surface area contributed by atoms with Gasteiger partial charge in [-0.25, -0.2) is 0 Å². The van der Waals surface area contributed by atoms with Gasteiger partial charge >= 0.3 is 0 Å². The lowest BCUT2D eigenvalue weighted by atomic mass is 10.3. The van der Waals surface area contributed by atoms with Crippen LogP contribution in [0.4, 0.5) is 0 Å². The largest absolute Gasteiger partial charge is 0.349 e. The lowest BCUT2D eigenvalue weighted by Crippen LogP contribution is -2.39. The van der Waals surface area contributed by atoms with Crippen molar-refractivity contribution in [1.29, 1.82) is 0 Å². The van der Waals surface area contributed by atoms with Crippen molar-refractivity contribution in [3.05, 3.63) is 30.3 Å². The summed E-state index contributed by atoms with van der Waals surface area (Å²) < 4.78 is 0. The van der Waals surface area contributed by atoms with E-state index in [2.05, 4.69) is 21.2 Å². The summed E-state index contributed by atoms with van der Waals surface area (Å²) in [5, 5.41) is 3.94. The summed E-state index contributed by atoms with van der Waals surface area (Å²) >= 11 is 5.02. The molecule has 1 aromatic rings. The van der Waals surface area contributed by atoms with Crippen LogP contribution in [0.15, 0.2) is 35.2 Å². The smallest absolute Gasteiger partial charge is 0.230 e. The van der Waals surface area contributed by atoms with E-state index in [4.69, 9.17) is 0 Å². The minimum Gasteiger partial charge on any atom is -0.349 e. The number of hydrogen-bond donors (Lipinski definition) is 1. The highest BCUT2D eigenvalue weighted by atomic mass is 79.9. The molecule has 0 heterocycles. The zero-order valence-corrected chi connectivity index (χ0v) is 11.3. The van der Waals surface area contributed by atoms with Gasteiger partial charge < -0.3 is 5.32 Å². The Morgan fingerprint density at radius 1 is 1.38 bits per heavy atom. The lowest BCUT2D eigenvalue weighted by molar-refractivity contribution is -0.119. The molecular weight excluding hydrogens is 286 g/mol. The fraction of sp³-hybridized carbons (Fsp3) is 0.417. The summed E-state index contributed by atoms with van der Waals surface area (Å²) in [7, 11) is 0. The van der Waals surface area contributed by atoms with Crippen molar-refractivity contribution in [3.8, 4) is 0 Å². The number of carbonyl (C=O) groups excluding carboxylic acids is 1. The Labute approximate surface area is 108 Å². The van der Waals surface area contributed by atoms with Crippen LogP contribution in [0.1, 0.15) is 12.8 Å². The van der Waals surface area contributed by atoms with E-state index < -0.39 is 0 Å². The molecule has 1 aliphatic carbocycles. The lowest BCUT2D eigenvalue weighted by Gasteiger charge is -2.13. The summed E-state index contributed by atoms with van der Waals surface area (Å²) in [4.78, 5) is 12.8. The molecule has 2 nitrogen and oxygen atoms in total. The first-order valence-corrected chi connectivity index (χ1v) is 7.40. The Bertz CT molecular complexity index is 365. The highest BCUT2D eigenvalue weighted by Gasteiger charge is 2.42. The Balaban J connectivity index is 1.76. The van der Waals surface area contributed by atoms with Crippen molar-refractivity contribution in [2.75, 3.05) is 11.1 Å². The van der Waals surface area contributed by atoms with E-state index in [0.717, 1.165) is 23.1 Å². The van der Waals surface area contributed by atoms with Crippen molar-refractivity contribution in [1.82, 2.24) is 5.32 Å². The third kappa shape index (κ3) is 3.25. The Morgan fingerprint density at radius 2 is 2.06 bits per heavy atom. The van der Waals surface area contributed by atoms with Crippen LogP contribution < -0.4 is 5.32 Å². The second kappa shape index (κ2) is 5.23. The van der Waals surface area contributed by atoms with Crippen LogP contribution in [0.3, 0.4) is 0 Å².